The lowest BCUT2D eigenvalue weighted by atomic mass is 9.95. The van der Waals surface area contributed by atoms with E-state index in [-0.39, 0.29) is 17.7 Å². The predicted octanol–water partition coefficient (Wildman–Crippen LogP) is 0.977. The Balaban J connectivity index is 1.41. The maximum absolute atomic E-state index is 12.7. The first-order valence-corrected chi connectivity index (χ1v) is 9.44. The second-order valence-electron chi connectivity index (χ2n) is 7.32. The van der Waals surface area contributed by atoms with Crippen LogP contribution in [0, 0.1) is 5.92 Å². The van der Waals surface area contributed by atoms with E-state index in [2.05, 4.69) is 10.3 Å². The van der Waals surface area contributed by atoms with Crippen molar-refractivity contribution in [3.05, 3.63) is 17.7 Å². The number of carbonyl (C=O) groups is 2. The number of carbonyl (C=O) groups excluding carboxylic acids is 2. The average Bonchev–Trinajstić information content (AvgIpc) is 3.30. The van der Waals surface area contributed by atoms with Gasteiger partial charge in [-0.15, -0.1) is 0 Å². The van der Waals surface area contributed by atoms with Crippen LogP contribution >= 0.6 is 0 Å². The first kappa shape index (κ1) is 16.6. The Kier molecular flexibility index (Phi) is 4.74. The molecule has 1 saturated heterocycles. The monoisotopic (exact) mass is 346 g/mol. The lowest BCUT2D eigenvalue weighted by molar-refractivity contribution is -0.126. The molecule has 1 aromatic heterocycles. The molecule has 1 atom stereocenters. The Labute approximate surface area is 147 Å². The fourth-order valence-corrected chi connectivity index (χ4v) is 4.16. The molecule has 1 unspecified atom stereocenters. The number of hydrogen-bond donors (Lipinski definition) is 1. The molecule has 7 heteroatoms. The van der Waals surface area contributed by atoms with Gasteiger partial charge in [0.05, 0.1) is 31.2 Å². The Hall–Kier alpha value is -1.89. The lowest BCUT2D eigenvalue weighted by Gasteiger charge is -2.28. The van der Waals surface area contributed by atoms with Crippen LogP contribution in [0.1, 0.15) is 48.3 Å². The number of nitrogens with zero attached hydrogens (tertiary/aromatic N) is 3. The molecule has 1 aliphatic carbocycles. The zero-order chi connectivity index (χ0) is 17.2. The molecular formula is C18H26N4O3. The van der Waals surface area contributed by atoms with Crippen molar-refractivity contribution in [3.8, 4) is 0 Å². The van der Waals surface area contributed by atoms with Crippen LogP contribution in [0.5, 0.6) is 0 Å². The van der Waals surface area contributed by atoms with Crippen molar-refractivity contribution in [2.75, 3.05) is 26.3 Å². The normalized spacial score (nSPS) is 24.2. The number of hydrogen-bond acceptors (Lipinski definition) is 4. The zero-order valence-electron chi connectivity index (χ0n) is 14.6. The first-order chi connectivity index (χ1) is 12.2. The van der Waals surface area contributed by atoms with Crippen LogP contribution in [0.2, 0.25) is 0 Å². The molecular weight excluding hydrogens is 320 g/mol. The number of ether oxygens (including phenoxy) is 1. The third-order valence-corrected chi connectivity index (χ3v) is 5.67. The Bertz CT molecular complexity index is 645. The summed E-state index contributed by atoms with van der Waals surface area (Å²) in [6.45, 7) is 3.04. The van der Waals surface area contributed by atoms with Crippen LogP contribution in [0.15, 0.2) is 6.33 Å². The van der Waals surface area contributed by atoms with Gasteiger partial charge in [-0.2, -0.15) is 0 Å². The molecule has 0 bridgehead atoms. The van der Waals surface area contributed by atoms with E-state index in [9.17, 15) is 9.59 Å². The molecule has 3 heterocycles. The zero-order valence-corrected chi connectivity index (χ0v) is 14.6. The molecule has 0 aromatic carbocycles. The molecule has 25 heavy (non-hydrogen) atoms. The van der Waals surface area contributed by atoms with E-state index in [0.717, 1.165) is 31.4 Å². The summed E-state index contributed by atoms with van der Waals surface area (Å²) in [6, 6.07) is 0.357. The topological polar surface area (TPSA) is 76.5 Å². The number of rotatable bonds is 3. The van der Waals surface area contributed by atoms with Crippen LogP contribution < -0.4 is 5.32 Å². The van der Waals surface area contributed by atoms with E-state index >= 15 is 0 Å². The van der Waals surface area contributed by atoms with Gasteiger partial charge >= 0.3 is 0 Å². The number of fused-ring (bicyclic) bond motifs is 1. The van der Waals surface area contributed by atoms with Crippen LogP contribution in [-0.4, -0.2) is 58.6 Å². The van der Waals surface area contributed by atoms with Crippen LogP contribution in [0.4, 0.5) is 0 Å². The smallest absolute Gasteiger partial charge is 0.274 e. The van der Waals surface area contributed by atoms with Crippen molar-refractivity contribution in [1.29, 1.82) is 0 Å². The fourth-order valence-electron chi connectivity index (χ4n) is 4.16. The van der Waals surface area contributed by atoms with E-state index in [4.69, 9.17) is 4.74 Å². The highest BCUT2D eigenvalue weighted by Crippen LogP contribution is 2.25. The van der Waals surface area contributed by atoms with Crippen molar-refractivity contribution in [1.82, 2.24) is 19.8 Å². The van der Waals surface area contributed by atoms with E-state index in [1.54, 1.807) is 6.33 Å². The number of imidazole rings is 1. The van der Waals surface area contributed by atoms with Gasteiger partial charge in [0, 0.05) is 25.7 Å². The number of aromatic nitrogens is 2. The summed E-state index contributed by atoms with van der Waals surface area (Å²) in [5, 5.41) is 3.20. The molecule has 1 N–H and O–H groups in total. The number of amides is 2. The third kappa shape index (κ3) is 3.42. The average molecular weight is 346 g/mol. The van der Waals surface area contributed by atoms with Crippen LogP contribution in [0.3, 0.4) is 0 Å². The first-order valence-electron chi connectivity index (χ1n) is 9.44. The molecule has 4 rings (SSSR count). The summed E-state index contributed by atoms with van der Waals surface area (Å²) in [6.07, 6.45) is 7.88. The van der Waals surface area contributed by atoms with Crippen LogP contribution in [-0.2, 0) is 22.5 Å². The maximum Gasteiger partial charge on any atom is 0.274 e. The standard InChI is InChI=1S/C18H26N4O3/c23-17(20-14-3-1-2-4-14)13-5-6-15-16(19-12-22(15)11-13)18(24)21-7-9-25-10-8-21/h12-14H,1-11H2,(H,20,23). The Morgan fingerprint density at radius 3 is 2.68 bits per heavy atom. The van der Waals surface area contributed by atoms with Crippen molar-refractivity contribution >= 4 is 11.8 Å². The minimum Gasteiger partial charge on any atom is -0.378 e. The predicted molar refractivity (Wildman–Crippen MR) is 91.2 cm³/mol. The SMILES string of the molecule is O=C(NC1CCCC1)C1CCc2c(C(=O)N3CCOCC3)ncn2C1. The van der Waals surface area contributed by atoms with Crippen molar-refractivity contribution in [3.63, 3.8) is 0 Å². The minimum absolute atomic E-state index is 0.00842. The van der Waals surface area contributed by atoms with E-state index < -0.39 is 0 Å². The molecule has 0 radical (unpaired) electrons. The molecule has 0 spiro atoms. The van der Waals surface area contributed by atoms with Gasteiger partial charge in [-0.25, -0.2) is 4.98 Å². The maximum atomic E-state index is 12.7. The van der Waals surface area contributed by atoms with Gasteiger partial charge in [0.2, 0.25) is 5.91 Å². The molecule has 1 aromatic rings. The molecule has 2 aliphatic heterocycles. The third-order valence-electron chi connectivity index (χ3n) is 5.67. The van der Waals surface area contributed by atoms with Gasteiger partial charge < -0.3 is 19.5 Å². The van der Waals surface area contributed by atoms with Gasteiger partial charge in [0.1, 0.15) is 5.69 Å². The highest BCUT2D eigenvalue weighted by atomic mass is 16.5. The van der Waals surface area contributed by atoms with E-state index in [1.165, 1.54) is 12.8 Å². The van der Waals surface area contributed by atoms with Crippen LogP contribution in [0.25, 0.3) is 0 Å². The molecule has 2 fully saturated rings. The molecule has 1 saturated carbocycles. The van der Waals surface area contributed by atoms with E-state index in [1.807, 2.05) is 9.47 Å². The summed E-state index contributed by atoms with van der Waals surface area (Å²) < 4.78 is 7.31. The number of nitrogens with one attached hydrogen (secondary N) is 1. The summed E-state index contributed by atoms with van der Waals surface area (Å²) in [5.74, 6) is 0.131. The second kappa shape index (κ2) is 7.15. The Morgan fingerprint density at radius 1 is 1.16 bits per heavy atom. The summed E-state index contributed by atoms with van der Waals surface area (Å²) in [4.78, 5) is 31.4. The Morgan fingerprint density at radius 2 is 1.92 bits per heavy atom. The van der Waals surface area contributed by atoms with E-state index in [0.29, 0.717) is 44.6 Å². The quantitative estimate of drug-likeness (QED) is 0.885. The van der Waals surface area contributed by atoms with Crippen molar-refractivity contribution in [2.24, 2.45) is 5.92 Å². The van der Waals surface area contributed by atoms with Crippen molar-refractivity contribution < 1.29 is 14.3 Å². The van der Waals surface area contributed by atoms with Gasteiger partial charge in [0.15, 0.2) is 0 Å². The second-order valence-corrected chi connectivity index (χ2v) is 7.32. The largest absolute Gasteiger partial charge is 0.378 e. The van der Waals surface area contributed by atoms with Gasteiger partial charge in [-0.05, 0) is 25.7 Å². The molecule has 2 amide bonds. The highest BCUT2D eigenvalue weighted by molar-refractivity contribution is 5.93. The molecule has 3 aliphatic rings. The fraction of sp³-hybridized carbons (Fsp3) is 0.722. The van der Waals surface area contributed by atoms with Crippen molar-refractivity contribution in [2.45, 2.75) is 51.1 Å². The summed E-state index contributed by atoms with van der Waals surface area (Å²) >= 11 is 0. The van der Waals surface area contributed by atoms with Gasteiger partial charge in [0.25, 0.3) is 5.91 Å². The summed E-state index contributed by atoms with van der Waals surface area (Å²) in [7, 11) is 0. The molecule has 136 valence electrons. The number of morpholine rings is 1. The van der Waals surface area contributed by atoms with Gasteiger partial charge in [-0.3, -0.25) is 9.59 Å². The van der Waals surface area contributed by atoms with Gasteiger partial charge in [-0.1, -0.05) is 12.8 Å². The minimum atomic E-state index is -0.0198. The molecule has 7 nitrogen and oxygen atoms in total. The summed E-state index contributed by atoms with van der Waals surface area (Å²) in [5.41, 5.74) is 1.53. The highest BCUT2D eigenvalue weighted by Gasteiger charge is 2.31. The lowest BCUT2D eigenvalue weighted by Crippen LogP contribution is -2.42.